The van der Waals surface area contributed by atoms with Crippen LogP contribution in [0.15, 0.2) is 42.6 Å². The van der Waals surface area contributed by atoms with Gasteiger partial charge in [0.2, 0.25) is 5.91 Å². The molecule has 1 aliphatic rings. The highest BCUT2D eigenvalue weighted by Gasteiger charge is 2.30. The minimum Gasteiger partial charge on any atom is -0.497 e. The summed E-state index contributed by atoms with van der Waals surface area (Å²) in [5.41, 5.74) is 2.33. The molecule has 2 aromatic rings. The third-order valence-electron chi connectivity index (χ3n) is 4.52. The standard InChI is InChI=1S/C19H25N3O3/c1-24-12-8-20-18(23)14-22-11-10-21-9-4-7-17(21)19(22)15-5-3-6-16(13-15)25-2/h3-7,9,13,19H,8,10-12,14H2,1-2H3,(H,20,23). The minimum atomic E-state index is 0.0185. The monoisotopic (exact) mass is 343 g/mol. The fraction of sp³-hybridized carbons (Fsp3) is 0.421. The molecule has 6 nitrogen and oxygen atoms in total. The first-order chi connectivity index (χ1) is 12.2. The predicted molar refractivity (Wildman–Crippen MR) is 95.7 cm³/mol. The maximum Gasteiger partial charge on any atom is 0.234 e. The molecule has 0 fully saturated rings. The van der Waals surface area contributed by atoms with Crippen LogP contribution in [0.5, 0.6) is 5.75 Å². The first-order valence-electron chi connectivity index (χ1n) is 8.51. The fourth-order valence-corrected chi connectivity index (χ4v) is 3.33. The van der Waals surface area contributed by atoms with Crippen LogP contribution < -0.4 is 10.1 Å². The summed E-state index contributed by atoms with van der Waals surface area (Å²) < 4.78 is 12.6. The van der Waals surface area contributed by atoms with Crippen LogP contribution in [-0.4, -0.2) is 55.8 Å². The molecular weight excluding hydrogens is 318 g/mol. The molecule has 1 N–H and O–H groups in total. The number of aromatic nitrogens is 1. The molecule has 1 unspecified atom stereocenters. The van der Waals surface area contributed by atoms with Gasteiger partial charge >= 0.3 is 0 Å². The number of ether oxygens (including phenoxy) is 2. The molecule has 0 saturated carbocycles. The lowest BCUT2D eigenvalue weighted by molar-refractivity contribution is -0.123. The summed E-state index contributed by atoms with van der Waals surface area (Å²) in [7, 11) is 3.30. The van der Waals surface area contributed by atoms with Crippen LogP contribution in [0.25, 0.3) is 0 Å². The first kappa shape index (κ1) is 17.5. The smallest absolute Gasteiger partial charge is 0.234 e. The van der Waals surface area contributed by atoms with E-state index in [-0.39, 0.29) is 11.9 Å². The first-order valence-corrected chi connectivity index (χ1v) is 8.51. The van der Waals surface area contributed by atoms with Crippen molar-refractivity contribution < 1.29 is 14.3 Å². The number of benzene rings is 1. The van der Waals surface area contributed by atoms with Gasteiger partial charge < -0.3 is 19.4 Å². The van der Waals surface area contributed by atoms with Crippen LogP contribution in [0.1, 0.15) is 17.3 Å². The average molecular weight is 343 g/mol. The number of methoxy groups -OCH3 is 2. The van der Waals surface area contributed by atoms with Crippen molar-refractivity contribution in [3.8, 4) is 5.75 Å². The summed E-state index contributed by atoms with van der Waals surface area (Å²) in [6.07, 6.45) is 2.10. The quantitative estimate of drug-likeness (QED) is 0.777. The Balaban J connectivity index is 1.82. The van der Waals surface area contributed by atoms with Gasteiger partial charge in [-0.2, -0.15) is 0 Å². The molecule has 6 heteroatoms. The molecule has 1 aromatic carbocycles. The Hall–Kier alpha value is -2.31. The summed E-state index contributed by atoms with van der Waals surface area (Å²) in [6, 6.07) is 12.3. The largest absolute Gasteiger partial charge is 0.497 e. The van der Waals surface area contributed by atoms with Gasteiger partial charge in [0, 0.05) is 38.6 Å². The Bertz CT molecular complexity index is 713. The number of nitrogens with zero attached hydrogens (tertiary/aromatic N) is 2. The number of hydrogen-bond acceptors (Lipinski definition) is 4. The van der Waals surface area contributed by atoms with E-state index in [0.29, 0.717) is 19.7 Å². The molecular formula is C19H25N3O3. The molecule has 1 amide bonds. The van der Waals surface area contributed by atoms with E-state index in [1.807, 2.05) is 18.2 Å². The van der Waals surface area contributed by atoms with Gasteiger partial charge in [-0.1, -0.05) is 12.1 Å². The molecule has 1 aromatic heterocycles. The lowest BCUT2D eigenvalue weighted by Crippen LogP contribution is -2.44. The van der Waals surface area contributed by atoms with Gasteiger partial charge in [0.05, 0.1) is 26.3 Å². The third kappa shape index (κ3) is 4.03. The van der Waals surface area contributed by atoms with Gasteiger partial charge in [0.15, 0.2) is 0 Å². The molecule has 0 radical (unpaired) electrons. The zero-order chi connectivity index (χ0) is 17.6. The van der Waals surface area contributed by atoms with Gasteiger partial charge in [0.1, 0.15) is 5.75 Å². The maximum absolute atomic E-state index is 12.3. The van der Waals surface area contributed by atoms with Crippen molar-refractivity contribution >= 4 is 5.91 Å². The molecule has 1 atom stereocenters. The van der Waals surface area contributed by atoms with Crippen molar-refractivity contribution in [3.63, 3.8) is 0 Å². The number of rotatable bonds is 7. The topological polar surface area (TPSA) is 55.7 Å². The molecule has 25 heavy (non-hydrogen) atoms. The number of carbonyl (C=O) groups is 1. The molecule has 0 bridgehead atoms. The Labute approximate surface area is 148 Å². The normalized spacial score (nSPS) is 17.1. The Morgan fingerprint density at radius 2 is 2.12 bits per heavy atom. The minimum absolute atomic E-state index is 0.0185. The number of amides is 1. The van der Waals surface area contributed by atoms with Crippen molar-refractivity contribution in [2.75, 3.05) is 40.5 Å². The van der Waals surface area contributed by atoms with Gasteiger partial charge in [0.25, 0.3) is 0 Å². The van der Waals surface area contributed by atoms with Crippen LogP contribution in [-0.2, 0) is 16.1 Å². The summed E-state index contributed by atoms with van der Waals surface area (Å²) >= 11 is 0. The zero-order valence-corrected chi connectivity index (χ0v) is 14.8. The lowest BCUT2D eigenvalue weighted by atomic mass is 9.99. The Morgan fingerprint density at radius 1 is 1.24 bits per heavy atom. The summed E-state index contributed by atoms with van der Waals surface area (Å²) in [5, 5.41) is 2.91. The molecule has 1 aliphatic heterocycles. The molecule has 3 rings (SSSR count). The van der Waals surface area contributed by atoms with E-state index in [1.165, 1.54) is 5.69 Å². The van der Waals surface area contributed by atoms with Crippen molar-refractivity contribution in [2.24, 2.45) is 0 Å². The second-order valence-corrected chi connectivity index (χ2v) is 6.12. The molecule has 2 heterocycles. The average Bonchev–Trinajstić information content (AvgIpc) is 3.10. The van der Waals surface area contributed by atoms with E-state index < -0.39 is 0 Å². The zero-order valence-electron chi connectivity index (χ0n) is 14.8. The van der Waals surface area contributed by atoms with Crippen LogP contribution in [0.2, 0.25) is 0 Å². The van der Waals surface area contributed by atoms with E-state index in [4.69, 9.17) is 9.47 Å². The number of nitrogens with one attached hydrogen (secondary N) is 1. The van der Waals surface area contributed by atoms with E-state index in [2.05, 4.69) is 39.2 Å². The summed E-state index contributed by atoms with van der Waals surface area (Å²) in [6.45, 7) is 3.11. The van der Waals surface area contributed by atoms with Crippen molar-refractivity contribution in [1.82, 2.24) is 14.8 Å². The van der Waals surface area contributed by atoms with Crippen LogP contribution in [0.3, 0.4) is 0 Å². The van der Waals surface area contributed by atoms with Gasteiger partial charge in [-0.25, -0.2) is 0 Å². The second-order valence-electron chi connectivity index (χ2n) is 6.12. The highest BCUT2D eigenvalue weighted by molar-refractivity contribution is 5.78. The number of carbonyl (C=O) groups excluding carboxylic acids is 1. The van der Waals surface area contributed by atoms with Crippen molar-refractivity contribution in [1.29, 1.82) is 0 Å². The summed E-state index contributed by atoms with van der Waals surface area (Å²) in [4.78, 5) is 14.5. The third-order valence-corrected chi connectivity index (χ3v) is 4.52. The molecule has 0 saturated heterocycles. The van der Waals surface area contributed by atoms with E-state index in [1.54, 1.807) is 14.2 Å². The van der Waals surface area contributed by atoms with Gasteiger partial charge in [-0.05, 0) is 29.8 Å². The highest BCUT2D eigenvalue weighted by Crippen LogP contribution is 2.33. The molecule has 134 valence electrons. The highest BCUT2D eigenvalue weighted by atomic mass is 16.5. The van der Waals surface area contributed by atoms with Crippen molar-refractivity contribution in [2.45, 2.75) is 12.6 Å². The van der Waals surface area contributed by atoms with Crippen LogP contribution >= 0.6 is 0 Å². The van der Waals surface area contributed by atoms with Crippen LogP contribution in [0.4, 0.5) is 0 Å². The van der Waals surface area contributed by atoms with Crippen molar-refractivity contribution in [3.05, 3.63) is 53.9 Å². The summed E-state index contributed by atoms with van der Waals surface area (Å²) in [5.74, 6) is 0.843. The van der Waals surface area contributed by atoms with Gasteiger partial charge in [-0.15, -0.1) is 0 Å². The maximum atomic E-state index is 12.3. The van der Waals surface area contributed by atoms with E-state index >= 15 is 0 Å². The predicted octanol–water partition coefficient (Wildman–Crippen LogP) is 1.66. The second kappa shape index (κ2) is 8.18. The van der Waals surface area contributed by atoms with E-state index in [0.717, 1.165) is 24.4 Å². The molecule has 0 spiro atoms. The SMILES string of the molecule is COCCNC(=O)CN1CCn2cccc2C1c1cccc(OC)c1. The number of hydrogen-bond donors (Lipinski definition) is 1. The lowest BCUT2D eigenvalue weighted by Gasteiger charge is -2.37. The number of fused-ring (bicyclic) bond motifs is 1. The molecule has 0 aliphatic carbocycles. The van der Waals surface area contributed by atoms with Gasteiger partial charge in [-0.3, -0.25) is 9.69 Å². The van der Waals surface area contributed by atoms with E-state index in [9.17, 15) is 4.79 Å². The Kier molecular flexibility index (Phi) is 5.73. The Morgan fingerprint density at radius 3 is 2.92 bits per heavy atom. The fourth-order valence-electron chi connectivity index (χ4n) is 3.33. The van der Waals surface area contributed by atoms with Crippen LogP contribution in [0, 0.1) is 0 Å².